The smallest absolute Gasteiger partial charge is 0.324 e. The molecule has 0 radical (unpaired) electrons. The zero-order chi connectivity index (χ0) is 14.0. The van der Waals surface area contributed by atoms with E-state index in [2.05, 4.69) is 15.4 Å². The van der Waals surface area contributed by atoms with Gasteiger partial charge in [0, 0.05) is 18.5 Å². The molecule has 0 atom stereocenters. The highest BCUT2D eigenvalue weighted by Crippen LogP contribution is 2.30. The van der Waals surface area contributed by atoms with Gasteiger partial charge in [-0.25, -0.2) is 4.98 Å². The second-order valence-corrected chi connectivity index (χ2v) is 4.67. The van der Waals surface area contributed by atoms with Crippen LogP contribution in [0.1, 0.15) is 17.6 Å². The van der Waals surface area contributed by atoms with E-state index in [1.807, 2.05) is 0 Å². The molecule has 102 valence electrons. The number of carbonyl (C=O) groups excluding carboxylic acids is 1. The van der Waals surface area contributed by atoms with Crippen LogP contribution in [0, 0.1) is 0 Å². The third-order valence-corrected chi connectivity index (χ3v) is 2.93. The SMILES string of the molecule is CC(=O)Nc1cnn(Cc2nc(C(F)(F)F)cs2)c1. The summed E-state index contributed by atoms with van der Waals surface area (Å²) in [5.74, 6) is -0.242. The van der Waals surface area contributed by atoms with E-state index in [0.29, 0.717) is 10.7 Å². The summed E-state index contributed by atoms with van der Waals surface area (Å²) in [6.45, 7) is 1.48. The molecule has 19 heavy (non-hydrogen) atoms. The predicted octanol–water partition coefficient (Wildman–Crippen LogP) is 2.37. The van der Waals surface area contributed by atoms with Gasteiger partial charge in [0.25, 0.3) is 0 Å². The van der Waals surface area contributed by atoms with Crippen molar-refractivity contribution in [2.45, 2.75) is 19.6 Å². The maximum absolute atomic E-state index is 12.4. The molecule has 0 saturated carbocycles. The van der Waals surface area contributed by atoms with E-state index < -0.39 is 11.9 Å². The quantitative estimate of drug-likeness (QED) is 0.944. The summed E-state index contributed by atoms with van der Waals surface area (Å²) in [6.07, 6.45) is -1.49. The summed E-state index contributed by atoms with van der Waals surface area (Å²) in [6, 6.07) is 0. The highest BCUT2D eigenvalue weighted by Gasteiger charge is 2.33. The Balaban J connectivity index is 2.07. The Kier molecular flexibility index (Phi) is 3.56. The molecule has 1 N–H and O–H groups in total. The lowest BCUT2D eigenvalue weighted by Gasteiger charge is -2.00. The van der Waals surface area contributed by atoms with Gasteiger partial charge >= 0.3 is 6.18 Å². The summed E-state index contributed by atoms with van der Waals surface area (Å²) in [4.78, 5) is 14.3. The first-order valence-electron chi connectivity index (χ1n) is 5.16. The molecular weight excluding hydrogens is 281 g/mol. The molecule has 5 nitrogen and oxygen atoms in total. The van der Waals surface area contributed by atoms with Crippen molar-refractivity contribution < 1.29 is 18.0 Å². The number of nitrogens with zero attached hydrogens (tertiary/aromatic N) is 3. The third-order valence-electron chi connectivity index (χ3n) is 2.09. The normalized spacial score (nSPS) is 11.6. The minimum atomic E-state index is -4.43. The van der Waals surface area contributed by atoms with Crippen LogP contribution in [0.15, 0.2) is 17.8 Å². The fourth-order valence-corrected chi connectivity index (χ4v) is 2.16. The van der Waals surface area contributed by atoms with Crippen LogP contribution in [0.2, 0.25) is 0 Å². The Morgan fingerprint density at radius 3 is 2.84 bits per heavy atom. The Bertz CT molecular complexity index is 590. The van der Waals surface area contributed by atoms with Crippen molar-refractivity contribution in [3.63, 3.8) is 0 Å². The molecule has 0 aliphatic rings. The predicted molar refractivity (Wildman–Crippen MR) is 62.7 cm³/mol. The van der Waals surface area contributed by atoms with Gasteiger partial charge in [-0.1, -0.05) is 0 Å². The van der Waals surface area contributed by atoms with Crippen molar-refractivity contribution in [2.24, 2.45) is 0 Å². The Labute approximate surface area is 110 Å². The van der Waals surface area contributed by atoms with Gasteiger partial charge in [-0.05, 0) is 0 Å². The summed E-state index contributed by atoms with van der Waals surface area (Å²) in [7, 11) is 0. The Hall–Kier alpha value is -1.90. The van der Waals surface area contributed by atoms with Gasteiger partial charge < -0.3 is 5.32 Å². The molecule has 0 aromatic carbocycles. The van der Waals surface area contributed by atoms with Gasteiger partial charge in [-0.3, -0.25) is 9.48 Å². The molecule has 2 aromatic heterocycles. The summed E-state index contributed by atoms with van der Waals surface area (Å²) >= 11 is 0.915. The number of hydrogen-bond acceptors (Lipinski definition) is 4. The summed E-state index contributed by atoms with van der Waals surface area (Å²) in [5, 5.41) is 7.71. The minimum Gasteiger partial charge on any atom is -0.324 e. The molecular formula is C10H9F3N4OS. The number of aromatic nitrogens is 3. The molecule has 0 bridgehead atoms. The molecule has 9 heteroatoms. The third kappa shape index (κ3) is 3.53. The molecule has 1 amide bonds. The van der Waals surface area contributed by atoms with Crippen LogP contribution in [0.3, 0.4) is 0 Å². The first-order valence-corrected chi connectivity index (χ1v) is 6.04. The lowest BCUT2D eigenvalue weighted by molar-refractivity contribution is -0.140. The maximum atomic E-state index is 12.4. The van der Waals surface area contributed by atoms with Gasteiger partial charge in [0.05, 0.1) is 18.4 Å². The molecule has 2 rings (SSSR count). The number of anilines is 1. The van der Waals surface area contributed by atoms with E-state index in [9.17, 15) is 18.0 Å². The van der Waals surface area contributed by atoms with Crippen molar-refractivity contribution >= 4 is 22.9 Å². The standard InChI is InChI=1S/C10H9F3N4OS/c1-6(18)15-7-2-14-17(3-7)4-9-16-8(5-19-9)10(11,12)13/h2-3,5H,4H2,1H3,(H,15,18). The lowest BCUT2D eigenvalue weighted by atomic mass is 10.5. The second-order valence-electron chi connectivity index (χ2n) is 3.73. The number of thiazole rings is 1. The highest BCUT2D eigenvalue weighted by atomic mass is 32.1. The van der Waals surface area contributed by atoms with Gasteiger partial charge in [-0.15, -0.1) is 11.3 Å². The van der Waals surface area contributed by atoms with Crippen LogP contribution in [-0.2, 0) is 17.5 Å². The maximum Gasteiger partial charge on any atom is 0.434 e. The highest BCUT2D eigenvalue weighted by molar-refractivity contribution is 7.09. The van der Waals surface area contributed by atoms with Crippen LogP contribution in [0.25, 0.3) is 0 Å². The monoisotopic (exact) mass is 290 g/mol. The number of amides is 1. The Morgan fingerprint density at radius 2 is 2.26 bits per heavy atom. The molecule has 2 heterocycles. The minimum absolute atomic E-state index is 0.125. The number of rotatable bonds is 3. The van der Waals surface area contributed by atoms with Crippen molar-refractivity contribution in [1.29, 1.82) is 0 Å². The first-order chi connectivity index (χ1) is 8.84. The number of carbonyl (C=O) groups is 1. The largest absolute Gasteiger partial charge is 0.434 e. The second kappa shape index (κ2) is 5.00. The van der Waals surface area contributed by atoms with Gasteiger partial charge in [-0.2, -0.15) is 18.3 Å². The molecule has 0 saturated heterocycles. The number of hydrogen-bond donors (Lipinski definition) is 1. The summed E-state index contributed by atoms with van der Waals surface area (Å²) < 4.78 is 38.5. The van der Waals surface area contributed by atoms with Gasteiger partial charge in [0.2, 0.25) is 5.91 Å². The van der Waals surface area contributed by atoms with Gasteiger partial charge in [0.1, 0.15) is 5.01 Å². The van der Waals surface area contributed by atoms with E-state index in [-0.39, 0.29) is 12.5 Å². The fraction of sp³-hybridized carbons (Fsp3) is 0.300. The molecule has 2 aromatic rings. The molecule has 0 unspecified atom stereocenters. The zero-order valence-corrected chi connectivity index (χ0v) is 10.5. The number of alkyl halides is 3. The van der Waals surface area contributed by atoms with Crippen LogP contribution in [-0.4, -0.2) is 20.7 Å². The average molecular weight is 290 g/mol. The average Bonchev–Trinajstić information content (AvgIpc) is 2.86. The van der Waals surface area contributed by atoms with Crippen molar-refractivity contribution in [3.05, 3.63) is 28.5 Å². The Morgan fingerprint density at radius 1 is 1.53 bits per heavy atom. The van der Waals surface area contributed by atoms with Gasteiger partial charge in [0.15, 0.2) is 5.69 Å². The number of halogens is 3. The van der Waals surface area contributed by atoms with E-state index in [1.54, 1.807) is 0 Å². The van der Waals surface area contributed by atoms with E-state index >= 15 is 0 Å². The van der Waals surface area contributed by atoms with Crippen molar-refractivity contribution in [1.82, 2.24) is 14.8 Å². The molecule has 0 spiro atoms. The van der Waals surface area contributed by atoms with Crippen molar-refractivity contribution in [3.8, 4) is 0 Å². The van der Waals surface area contributed by atoms with Crippen LogP contribution < -0.4 is 5.32 Å². The molecule has 0 fully saturated rings. The van der Waals surface area contributed by atoms with Crippen LogP contribution in [0.5, 0.6) is 0 Å². The first kappa shape index (κ1) is 13.5. The van der Waals surface area contributed by atoms with Crippen molar-refractivity contribution in [2.75, 3.05) is 5.32 Å². The molecule has 0 aliphatic heterocycles. The molecule has 0 aliphatic carbocycles. The van der Waals surface area contributed by atoms with E-state index in [4.69, 9.17) is 0 Å². The zero-order valence-electron chi connectivity index (χ0n) is 9.73. The van der Waals surface area contributed by atoms with E-state index in [1.165, 1.54) is 24.0 Å². The lowest BCUT2D eigenvalue weighted by Crippen LogP contribution is -2.07. The van der Waals surface area contributed by atoms with E-state index in [0.717, 1.165) is 16.7 Å². The van der Waals surface area contributed by atoms with Crippen LogP contribution >= 0.6 is 11.3 Å². The number of nitrogens with one attached hydrogen (secondary N) is 1. The van der Waals surface area contributed by atoms with Crippen LogP contribution in [0.4, 0.5) is 18.9 Å². The fourth-order valence-electron chi connectivity index (χ4n) is 1.37. The topological polar surface area (TPSA) is 59.8 Å². The summed E-state index contributed by atoms with van der Waals surface area (Å²) in [5.41, 5.74) is -0.415.